The highest BCUT2D eigenvalue weighted by atomic mass is 32.2. The Balaban J connectivity index is 1.62. The summed E-state index contributed by atoms with van der Waals surface area (Å²) >= 11 is 3.27. The number of sulfonamides is 1. The number of piperidine rings is 1. The van der Waals surface area contributed by atoms with Crippen LogP contribution in [-0.2, 0) is 14.8 Å². The molecule has 0 amide bonds. The molecule has 2 aliphatic rings. The second kappa shape index (κ2) is 9.14. The van der Waals surface area contributed by atoms with Crippen molar-refractivity contribution in [1.82, 2.24) is 14.5 Å². The summed E-state index contributed by atoms with van der Waals surface area (Å²) in [7, 11) is -1.63. The highest BCUT2D eigenvalue weighted by Crippen LogP contribution is 2.31. The molecule has 0 saturated carbocycles. The van der Waals surface area contributed by atoms with E-state index in [1.54, 1.807) is 34.5 Å². The lowest BCUT2D eigenvalue weighted by Gasteiger charge is -2.37. The Morgan fingerprint density at radius 3 is 2.77 bits per heavy atom. The van der Waals surface area contributed by atoms with Gasteiger partial charge in [-0.05, 0) is 39.0 Å². The van der Waals surface area contributed by atoms with E-state index in [2.05, 4.69) is 10.2 Å². The molecule has 0 spiro atoms. The maximum atomic E-state index is 13.2. The van der Waals surface area contributed by atoms with Crippen LogP contribution < -0.4 is 0 Å². The molecule has 0 N–H and O–H groups in total. The van der Waals surface area contributed by atoms with Crippen molar-refractivity contribution >= 4 is 33.1 Å². The maximum absolute atomic E-state index is 13.2. The normalized spacial score (nSPS) is 27.7. The molecule has 1 aromatic rings. The number of aromatic nitrogens is 2. The van der Waals surface area contributed by atoms with Crippen molar-refractivity contribution < 1.29 is 13.2 Å². The third kappa shape index (κ3) is 4.86. The lowest BCUT2D eigenvalue weighted by atomic mass is 10.0. The lowest BCUT2D eigenvalue weighted by molar-refractivity contribution is 0.128. The highest BCUT2D eigenvalue weighted by Gasteiger charge is 2.37. The minimum absolute atomic E-state index is 0.0466. The molecular weight excluding hydrogens is 390 g/mol. The number of nitrogens with zero attached hydrogens (tertiary/aromatic N) is 3. The first kappa shape index (κ1) is 20.3. The van der Waals surface area contributed by atoms with Gasteiger partial charge in [0.25, 0.3) is 0 Å². The number of hydrogen-bond donors (Lipinski definition) is 0. The van der Waals surface area contributed by atoms with E-state index < -0.39 is 15.3 Å². The van der Waals surface area contributed by atoms with Crippen LogP contribution in [0, 0.1) is 6.92 Å². The molecule has 26 heavy (non-hydrogen) atoms. The molecule has 9 heteroatoms. The largest absolute Gasteiger partial charge is 0.377 e. The van der Waals surface area contributed by atoms with Crippen molar-refractivity contribution in [3.8, 4) is 0 Å². The zero-order chi connectivity index (χ0) is 18.6. The van der Waals surface area contributed by atoms with Crippen LogP contribution in [0.2, 0.25) is 0 Å². The molecule has 1 aliphatic carbocycles. The van der Waals surface area contributed by atoms with Crippen LogP contribution >= 0.6 is 23.1 Å². The zero-order valence-corrected chi connectivity index (χ0v) is 17.8. The van der Waals surface area contributed by atoms with E-state index >= 15 is 0 Å². The van der Waals surface area contributed by atoms with E-state index in [0.29, 0.717) is 13.0 Å². The fourth-order valence-electron chi connectivity index (χ4n) is 3.60. The molecule has 3 atom stereocenters. The van der Waals surface area contributed by atoms with Crippen molar-refractivity contribution in [1.29, 1.82) is 0 Å². The topological polar surface area (TPSA) is 72.4 Å². The zero-order valence-electron chi connectivity index (χ0n) is 15.3. The number of methoxy groups -OCH3 is 1. The maximum Gasteiger partial charge on any atom is 0.220 e. The van der Waals surface area contributed by atoms with Crippen LogP contribution in [0.25, 0.3) is 0 Å². The van der Waals surface area contributed by atoms with Crippen LogP contribution in [0.1, 0.15) is 43.5 Å². The quantitative estimate of drug-likeness (QED) is 0.501. The first-order valence-corrected chi connectivity index (χ1v) is 12.5. The number of thioether (sulfide) groups is 1. The molecule has 0 radical (unpaired) electrons. The van der Waals surface area contributed by atoms with Crippen LogP contribution in [0.15, 0.2) is 16.5 Å². The van der Waals surface area contributed by atoms with Gasteiger partial charge in [-0.2, -0.15) is 4.31 Å². The molecule has 0 aromatic carbocycles. The second-order valence-electron chi connectivity index (χ2n) is 6.80. The van der Waals surface area contributed by atoms with E-state index in [4.69, 9.17) is 4.74 Å². The number of hydrogen-bond acceptors (Lipinski definition) is 7. The Hall–Kier alpha value is -0.480. The Morgan fingerprint density at radius 1 is 1.27 bits per heavy atom. The van der Waals surface area contributed by atoms with Gasteiger partial charge in [0.1, 0.15) is 5.01 Å². The summed E-state index contributed by atoms with van der Waals surface area (Å²) in [6.07, 6.45) is 9.05. The molecule has 6 nitrogen and oxygen atoms in total. The van der Waals surface area contributed by atoms with Crippen LogP contribution in [-0.4, -0.2) is 59.7 Å². The van der Waals surface area contributed by atoms with E-state index in [1.165, 1.54) is 0 Å². The van der Waals surface area contributed by atoms with Crippen LogP contribution in [0.4, 0.5) is 0 Å². The molecule has 1 fully saturated rings. The Labute approximate surface area is 164 Å². The van der Waals surface area contributed by atoms with Crippen molar-refractivity contribution in [2.45, 2.75) is 67.2 Å². The molecule has 0 bridgehead atoms. The predicted octanol–water partition coefficient (Wildman–Crippen LogP) is 3.25. The molecular formula is C17H27N3O3S3. The van der Waals surface area contributed by atoms with Gasteiger partial charge in [-0.25, -0.2) is 8.42 Å². The Bertz CT molecular complexity index is 720. The highest BCUT2D eigenvalue weighted by molar-refractivity contribution is 8.01. The van der Waals surface area contributed by atoms with Gasteiger partial charge in [0.05, 0.1) is 11.4 Å². The third-order valence-corrected chi connectivity index (χ3v) is 9.34. The fraction of sp³-hybridized carbons (Fsp3) is 0.765. The van der Waals surface area contributed by atoms with Crippen molar-refractivity contribution in [2.24, 2.45) is 0 Å². The average Bonchev–Trinajstić information content (AvgIpc) is 3.07. The Kier molecular flexibility index (Phi) is 7.12. The third-order valence-electron chi connectivity index (χ3n) is 5.05. The van der Waals surface area contributed by atoms with E-state index in [9.17, 15) is 8.42 Å². The average molecular weight is 418 g/mol. The summed E-state index contributed by atoms with van der Waals surface area (Å²) in [6.45, 7) is 2.59. The molecule has 1 aliphatic heterocycles. The van der Waals surface area contributed by atoms with Crippen molar-refractivity contribution in [2.75, 3.05) is 19.4 Å². The molecule has 3 rings (SSSR count). The molecule has 1 saturated heterocycles. The first-order chi connectivity index (χ1) is 12.5. The summed E-state index contributed by atoms with van der Waals surface area (Å²) in [4.78, 5) is 0. The van der Waals surface area contributed by atoms with E-state index in [1.807, 2.05) is 19.1 Å². The van der Waals surface area contributed by atoms with Gasteiger partial charge in [0, 0.05) is 25.4 Å². The molecule has 3 unspecified atom stereocenters. The predicted molar refractivity (Wildman–Crippen MR) is 106 cm³/mol. The number of aryl methyl sites for hydroxylation is 1. The summed E-state index contributed by atoms with van der Waals surface area (Å²) < 4.78 is 34.4. The Morgan fingerprint density at radius 2 is 2.12 bits per heavy atom. The lowest BCUT2D eigenvalue weighted by Crippen LogP contribution is -2.48. The van der Waals surface area contributed by atoms with Gasteiger partial charge in [-0.1, -0.05) is 41.7 Å². The molecule has 1 aromatic heterocycles. The van der Waals surface area contributed by atoms with Gasteiger partial charge in [0.2, 0.25) is 10.0 Å². The SMILES string of the molecule is COC1C=CC(S(=O)(=O)N2CCCCC2CCSc2nnc(C)s2)CC1. The van der Waals surface area contributed by atoms with Gasteiger partial charge in [-0.3, -0.25) is 0 Å². The summed E-state index contributed by atoms with van der Waals surface area (Å²) in [5.74, 6) is 0.873. The minimum Gasteiger partial charge on any atom is -0.377 e. The second-order valence-corrected chi connectivity index (χ2v) is 11.4. The van der Waals surface area contributed by atoms with Gasteiger partial charge >= 0.3 is 0 Å². The van der Waals surface area contributed by atoms with Gasteiger partial charge in [-0.15, -0.1) is 10.2 Å². The van der Waals surface area contributed by atoms with E-state index in [0.717, 1.165) is 47.2 Å². The van der Waals surface area contributed by atoms with Crippen molar-refractivity contribution in [3.05, 3.63) is 17.2 Å². The fourth-order valence-corrected chi connectivity index (χ4v) is 7.61. The summed E-state index contributed by atoms with van der Waals surface area (Å²) in [5, 5.41) is 8.72. The van der Waals surface area contributed by atoms with Crippen LogP contribution in [0.5, 0.6) is 0 Å². The number of rotatable bonds is 7. The minimum atomic E-state index is -3.30. The molecule has 146 valence electrons. The number of ether oxygens (including phenoxy) is 1. The first-order valence-electron chi connectivity index (χ1n) is 9.15. The van der Waals surface area contributed by atoms with Crippen LogP contribution in [0.3, 0.4) is 0 Å². The molecule has 2 heterocycles. The summed E-state index contributed by atoms with van der Waals surface area (Å²) in [6, 6.07) is 0.101. The van der Waals surface area contributed by atoms with Gasteiger partial charge in [0.15, 0.2) is 4.34 Å². The smallest absolute Gasteiger partial charge is 0.220 e. The van der Waals surface area contributed by atoms with Gasteiger partial charge < -0.3 is 4.74 Å². The standard InChI is InChI=1S/C17H27N3O3S3/c1-13-18-19-17(25-13)24-12-10-14-5-3-4-11-20(14)26(21,22)16-8-6-15(23-2)7-9-16/h6,8,14-16H,3-5,7,9-12H2,1-2H3. The van der Waals surface area contributed by atoms with Crippen molar-refractivity contribution in [3.63, 3.8) is 0 Å². The van der Waals surface area contributed by atoms with E-state index in [-0.39, 0.29) is 12.1 Å². The monoisotopic (exact) mass is 417 g/mol. The summed E-state index contributed by atoms with van der Waals surface area (Å²) in [5.41, 5.74) is 0.